The molecule has 2 aromatic rings. The molecule has 0 saturated heterocycles. The standard InChI is InChI=1S/C28H36Br2N2O2/c1-27(2,3)19-11-17(25(33)21(29)13-19)15-31-23-9-7-8-10-24(23)32-16-18-12-20(28(4,5)6)14-22(30)26(18)34/h11-16,23-24,33-34H,7-10H2,1-6H3/t23-,24-/m1/s1. The molecule has 0 amide bonds. The van der Waals surface area contributed by atoms with Crippen LogP contribution < -0.4 is 0 Å². The van der Waals surface area contributed by atoms with Crippen LogP contribution in [0.4, 0.5) is 0 Å². The average Bonchev–Trinajstić information content (AvgIpc) is 2.74. The molecule has 2 N–H and O–H groups in total. The minimum Gasteiger partial charge on any atom is -0.506 e. The van der Waals surface area contributed by atoms with Gasteiger partial charge in [-0.1, -0.05) is 54.4 Å². The highest BCUT2D eigenvalue weighted by Crippen LogP contribution is 2.35. The van der Waals surface area contributed by atoms with E-state index in [0.717, 1.165) is 36.8 Å². The Morgan fingerprint density at radius 1 is 0.706 bits per heavy atom. The second-order valence-corrected chi connectivity index (χ2v) is 13.0. The van der Waals surface area contributed by atoms with E-state index in [9.17, 15) is 10.2 Å². The van der Waals surface area contributed by atoms with E-state index < -0.39 is 0 Å². The third kappa shape index (κ3) is 6.51. The molecule has 2 atom stereocenters. The number of hydrogen-bond acceptors (Lipinski definition) is 4. The minimum atomic E-state index is -0.0334. The van der Waals surface area contributed by atoms with Gasteiger partial charge in [0, 0.05) is 23.6 Å². The molecule has 34 heavy (non-hydrogen) atoms. The van der Waals surface area contributed by atoms with Crippen LogP contribution in [0.15, 0.2) is 43.2 Å². The molecule has 3 rings (SSSR count). The summed E-state index contributed by atoms with van der Waals surface area (Å²) in [7, 11) is 0. The van der Waals surface area contributed by atoms with Crippen LogP contribution in [0.5, 0.6) is 11.5 Å². The zero-order valence-corrected chi connectivity index (χ0v) is 24.2. The first-order valence-corrected chi connectivity index (χ1v) is 13.5. The van der Waals surface area contributed by atoms with E-state index in [2.05, 4.69) is 73.4 Å². The SMILES string of the molecule is CC(C)(C)c1cc(Br)c(O)c(C=N[C@@H]2CCCC[C@H]2N=Cc2cc(C(C)(C)C)cc(Br)c2O)c1. The van der Waals surface area contributed by atoms with Gasteiger partial charge < -0.3 is 10.2 Å². The Morgan fingerprint density at radius 2 is 1.06 bits per heavy atom. The Bertz CT molecular complexity index is 1010. The zero-order chi connectivity index (χ0) is 25.3. The summed E-state index contributed by atoms with van der Waals surface area (Å²) in [5.41, 5.74) is 3.63. The lowest BCUT2D eigenvalue weighted by molar-refractivity contribution is 0.390. The van der Waals surface area contributed by atoms with Crippen LogP contribution in [0.1, 0.15) is 89.5 Å². The molecule has 1 saturated carbocycles. The molecule has 184 valence electrons. The van der Waals surface area contributed by atoms with Crippen LogP contribution in [-0.4, -0.2) is 34.7 Å². The Balaban J connectivity index is 1.88. The first-order valence-electron chi connectivity index (χ1n) is 11.9. The van der Waals surface area contributed by atoms with Gasteiger partial charge in [0.25, 0.3) is 0 Å². The highest BCUT2D eigenvalue weighted by atomic mass is 79.9. The average molecular weight is 592 g/mol. The van der Waals surface area contributed by atoms with Crippen molar-refractivity contribution in [3.05, 3.63) is 55.5 Å². The summed E-state index contributed by atoms with van der Waals surface area (Å²) in [5.74, 6) is 0.419. The zero-order valence-electron chi connectivity index (χ0n) is 21.0. The lowest BCUT2D eigenvalue weighted by Gasteiger charge is -2.26. The maximum Gasteiger partial charge on any atom is 0.138 e. The minimum absolute atomic E-state index is 0.0334. The van der Waals surface area contributed by atoms with Gasteiger partial charge in [0.2, 0.25) is 0 Å². The fraction of sp³-hybridized carbons (Fsp3) is 0.500. The van der Waals surface area contributed by atoms with Gasteiger partial charge in [0.05, 0.1) is 21.0 Å². The van der Waals surface area contributed by atoms with Crippen molar-refractivity contribution in [1.82, 2.24) is 0 Å². The lowest BCUT2D eigenvalue weighted by Crippen LogP contribution is -2.27. The molecule has 0 radical (unpaired) electrons. The van der Waals surface area contributed by atoms with Crippen molar-refractivity contribution in [2.45, 2.75) is 90.1 Å². The predicted molar refractivity (Wildman–Crippen MR) is 150 cm³/mol. The summed E-state index contributed by atoms with van der Waals surface area (Å²) >= 11 is 6.97. The molecule has 0 aromatic heterocycles. The number of hydrogen-bond donors (Lipinski definition) is 2. The van der Waals surface area contributed by atoms with Gasteiger partial charge in [-0.3, -0.25) is 9.98 Å². The number of nitrogens with zero attached hydrogens (tertiary/aromatic N) is 2. The molecular formula is C28H36Br2N2O2. The molecule has 0 unspecified atom stereocenters. The summed E-state index contributed by atoms with van der Waals surface area (Å²) in [4.78, 5) is 9.76. The molecule has 1 fully saturated rings. The first kappa shape index (κ1) is 26.9. The van der Waals surface area contributed by atoms with Gasteiger partial charge in [-0.05, 0) is 90.9 Å². The molecule has 0 spiro atoms. The Hall–Kier alpha value is -1.66. The van der Waals surface area contributed by atoms with Crippen LogP contribution >= 0.6 is 31.9 Å². The Labute approximate surface area is 220 Å². The molecule has 0 bridgehead atoms. The summed E-state index contributed by atoms with van der Waals surface area (Å²) in [6.07, 6.45) is 7.72. The molecular weight excluding hydrogens is 556 g/mol. The maximum absolute atomic E-state index is 10.6. The summed E-state index contributed by atoms with van der Waals surface area (Å²) in [6, 6.07) is 8.04. The number of halogens is 2. The number of aromatic hydroxyl groups is 2. The number of rotatable bonds is 4. The molecule has 0 heterocycles. The van der Waals surface area contributed by atoms with E-state index >= 15 is 0 Å². The summed E-state index contributed by atoms with van der Waals surface area (Å²) < 4.78 is 1.36. The van der Waals surface area contributed by atoms with Gasteiger partial charge in [-0.15, -0.1) is 0 Å². The van der Waals surface area contributed by atoms with Gasteiger partial charge in [-0.25, -0.2) is 0 Å². The van der Waals surface area contributed by atoms with E-state index in [0.29, 0.717) is 20.1 Å². The molecule has 0 aliphatic heterocycles. The van der Waals surface area contributed by atoms with Crippen molar-refractivity contribution >= 4 is 44.3 Å². The van der Waals surface area contributed by atoms with Crippen molar-refractivity contribution < 1.29 is 10.2 Å². The molecule has 1 aliphatic rings. The predicted octanol–water partition coefficient (Wildman–Crippen LogP) is 8.07. The van der Waals surface area contributed by atoms with Gasteiger partial charge >= 0.3 is 0 Å². The molecule has 2 aromatic carbocycles. The van der Waals surface area contributed by atoms with Crippen molar-refractivity contribution in [1.29, 1.82) is 0 Å². The molecule has 6 heteroatoms. The van der Waals surface area contributed by atoms with E-state index in [1.54, 1.807) is 12.4 Å². The highest BCUT2D eigenvalue weighted by molar-refractivity contribution is 9.10. The van der Waals surface area contributed by atoms with Crippen molar-refractivity contribution in [3.8, 4) is 11.5 Å². The fourth-order valence-corrected chi connectivity index (χ4v) is 5.05. The number of phenolic OH excluding ortho intramolecular Hbond substituents is 2. The van der Waals surface area contributed by atoms with Crippen LogP contribution in [-0.2, 0) is 10.8 Å². The topological polar surface area (TPSA) is 65.2 Å². The third-order valence-electron chi connectivity index (χ3n) is 6.42. The first-order chi connectivity index (χ1) is 15.8. The molecule has 4 nitrogen and oxygen atoms in total. The normalized spacial score (nSPS) is 19.9. The smallest absolute Gasteiger partial charge is 0.138 e. The van der Waals surface area contributed by atoms with Gasteiger partial charge in [0.1, 0.15) is 11.5 Å². The van der Waals surface area contributed by atoms with E-state index in [4.69, 9.17) is 9.98 Å². The van der Waals surface area contributed by atoms with Gasteiger partial charge in [0.15, 0.2) is 0 Å². The second kappa shape index (κ2) is 10.5. The highest BCUT2D eigenvalue weighted by Gasteiger charge is 2.24. The van der Waals surface area contributed by atoms with Crippen molar-refractivity contribution in [2.75, 3.05) is 0 Å². The van der Waals surface area contributed by atoms with Gasteiger partial charge in [-0.2, -0.15) is 0 Å². The Kier molecular flexibility index (Phi) is 8.34. The second-order valence-electron chi connectivity index (χ2n) is 11.3. The van der Waals surface area contributed by atoms with Crippen molar-refractivity contribution in [2.24, 2.45) is 9.98 Å². The number of benzene rings is 2. The Morgan fingerprint density at radius 3 is 1.38 bits per heavy atom. The quantitative estimate of drug-likeness (QED) is 0.353. The molecule has 1 aliphatic carbocycles. The maximum atomic E-state index is 10.6. The lowest BCUT2D eigenvalue weighted by atomic mass is 9.86. The number of phenols is 2. The summed E-state index contributed by atoms with van der Waals surface area (Å²) in [6.45, 7) is 12.9. The van der Waals surface area contributed by atoms with Crippen LogP contribution in [0.3, 0.4) is 0 Å². The van der Waals surface area contributed by atoms with Crippen molar-refractivity contribution in [3.63, 3.8) is 0 Å². The van der Waals surface area contributed by atoms with Crippen LogP contribution in [0.2, 0.25) is 0 Å². The van der Waals surface area contributed by atoms with Crippen LogP contribution in [0, 0.1) is 0 Å². The van der Waals surface area contributed by atoms with E-state index in [1.807, 2.05) is 24.3 Å². The fourth-order valence-electron chi connectivity index (χ4n) is 4.10. The van der Waals surface area contributed by atoms with E-state index in [1.165, 1.54) is 0 Å². The van der Waals surface area contributed by atoms with Crippen LogP contribution in [0.25, 0.3) is 0 Å². The van der Waals surface area contributed by atoms with E-state index in [-0.39, 0.29) is 34.4 Å². The largest absolute Gasteiger partial charge is 0.506 e. The monoisotopic (exact) mass is 590 g/mol. The summed E-state index contributed by atoms with van der Waals surface area (Å²) in [5, 5.41) is 21.2. The number of aliphatic imine (C=N–C) groups is 2. The third-order valence-corrected chi connectivity index (χ3v) is 7.63.